The van der Waals surface area contributed by atoms with Crippen LogP contribution in [0.5, 0.6) is 0 Å². The van der Waals surface area contributed by atoms with Crippen molar-refractivity contribution in [2.75, 3.05) is 5.32 Å². The Labute approximate surface area is 190 Å². The predicted molar refractivity (Wildman–Crippen MR) is 113 cm³/mol. The molecule has 2 aromatic carbocycles. The number of benzene rings is 2. The molecule has 0 radical (unpaired) electrons. The molecule has 2 N–H and O–H groups in total. The van der Waals surface area contributed by atoms with Crippen molar-refractivity contribution in [3.05, 3.63) is 58.4 Å². The molecule has 1 fully saturated rings. The molecule has 1 aliphatic carbocycles. The van der Waals surface area contributed by atoms with Gasteiger partial charge in [0.05, 0.1) is 33.0 Å². The second-order valence-electron chi connectivity index (χ2n) is 7.89. The number of carboxylic acid groups (broad SMARTS) is 1. The van der Waals surface area contributed by atoms with E-state index < -0.39 is 45.9 Å². The van der Waals surface area contributed by atoms with Crippen LogP contribution in [-0.4, -0.2) is 32.8 Å². The fraction of sp³-hybridized carbons (Fsp3) is 0.318. The molecular weight excluding hydrogens is 466 g/mol. The number of rotatable bonds is 4. The van der Waals surface area contributed by atoms with Crippen LogP contribution < -0.4 is 5.32 Å². The van der Waals surface area contributed by atoms with E-state index in [4.69, 9.17) is 16.7 Å². The minimum Gasteiger partial charge on any atom is -0.481 e. The van der Waals surface area contributed by atoms with Gasteiger partial charge in [-0.1, -0.05) is 23.7 Å². The summed E-state index contributed by atoms with van der Waals surface area (Å²) in [6.45, 7) is 0. The summed E-state index contributed by atoms with van der Waals surface area (Å²) in [5.41, 5.74) is -2.02. The van der Waals surface area contributed by atoms with Gasteiger partial charge in [-0.25, -0.2) is 4.39 Å². The third kappa shape index (κ3) is 4.39. The number of anilines is 1. The zero-order chi connectivity index (χ0) is 23.9. The molecule has 0 atom stereocenters. The van der Waals surface area contributed by atoms with E-state index in [0.29, 0.717) is 30.4 Å². The van der Waals surface area contributed by atoms with E-state index in [-0.39, 0.29) is 22.8 Å². The number of carbonyl (C=O) groups excluding carboxylic acids is 1. The lowest BCUT2D eigenvalue weighted by molar-refractivity contribution is -0.142. The highest BCUT2D eigenvalue weighted by molar-refractivity contribution is 6.34. The fourth-order valence-electron chi connectivity index (χ4n) is 4.15. The number of halogens is 5. The maximum atomic E-state index is 14.7. The number of hydrogen-bond donors (Lipinski definition) is 2. The van der Waals surface area contributed by atoms with Gasteiger partial charge in [-0.2, -0.15) is 17.9 Å². The number of carbonyl (C=O) groups is 2. The smallest absolute Gasteiger partial charge is 0.417 e. The van der Waals surface area contributed by atoms with Gasteiger partial charge in [0.2, 0.25) is 0 Å². The standard InChI is InChI=1S/C22H18ClF4N3O3/c23-14-4-1-3-13(22(25,26)27)17(14)20(31)30-16-6-2-5-15(24)18(16)19(29-30)28-12-9-7-11(8-10-12)21(32)33/h1-6,11-12H,7-10H2,(H,28,29)(H,32,33)/t11-,12+. The summed E-state index contributed by atoms with van der Waals surface area (Å²) in [7, 11) is 0. The normalized spacial score (nSPS) is 18.9. The van der Waals surface area contributed by atoms with E-state index in [1.54, 1.807) is 0 Å². The lowest BCUT2D eigenvalue weighted by Gasteiger charge is -2.26. The van der Waals surface area contributed by atoms with Gasteiger partial charge in [-0.15, -0.1) is 5.10 Å². The molecule has 1 aromatic heterocycles. The third-order valence-electron chi connectivity index (χ3n) is 5.80. The van der Waals surface area contributed by atoms with Gasteiger partial charge in [0, 0.05) is 6.04 Å². The molecule has 0 saturated heterocycles. The van der Waals surface area contributed by atoms with Crippen LogP contribution in [0.15, 0.2) is 36.4 Å². The average molecular weight is 484 g/mol. The topological polar surface area (TPSA) is 84.2 Å². The maximum Gasteiger partial charge on any atom is 0.417 e. The molecule has 6 nitrogen and oxygen atoms in total. The summed E-state index contributed by atoms with van der Waals surface area (Å²) in [4.78, 5) is 24.3. The minimum absolute atomic E-state index is 0.00385. The van der Waals surface area contributed by atoms with Gasteiger partial charge >= 0.3 is 12.1 Å². The van der Waals surface area contributed by atoms with E-state index in [9.17, 15) is 27.2 Å². The summed E-state index contributed by atoms with van der Waals surface area (Å²) < 4.78 is 56.0. The van der Waals surface area contributed by atoms with E-state index in [1.165, 1.54) is 12.1 Å². The molecule has 1 saturated carbocycles. The van der Waals surface area contributed by atoms with Crippen molar-refractivity contribution in [3.63, 3.8) is 0 Å². The third-order valence-corrected chi connectivity index (χ3v) is 6.11. The van der Waals surface area contributed by atoms with Crippen LogP contribution in [0, 0.1) is 11.7 Å². The first-order chi connectivity index (χ1) is 15.6. The van der Waals surface area contributed by atoms with Crippen LogP contribution in [0.2, 0.25) is 5.02 Å². The fourth-order valence-corrected chi connectivity index (χ4v) is 4.40. The van der Waals surface area contributed by atoms with Crippen LogP contribution in [0.3, 0.4) is 0 Å². The molecule has 1 heterocycles. The number of alkyl halides is 3. The van der Waals surface area contributed by atoms with E-state index in [2.05, 4.69) is 10.4 Å². The first-order valence-corrected chi connectivity index (χ1v) is 10.5. The molecule has 0 amide bonds. The molecule has 0 unspecified atom stereocenters. The zero-order valence-electron chi connectivity index (χ0n) is 17.0. The number of hydrogen-bond acceptors (Lipinski definition) is 4. The van der Waals surface area contributed by atoms with Gasteiger partial charge in [-0.05, 0) is 49.9 Å². The highest BCUT2D eigenvalue weighted by atomic mass is 35.5. The number of aliphatic carboxylic acids is 1. The Morgan fingerprint density at radius 1 is 1.09 bits per heavy atom. The number of nitrogens with zero attached hydrogens (tertiary/aromatic N) is 2. The van der Waals surface area contributed by atoms with Crippen molar-refractivity contribution in [3.8, 4) is 0 Å². The molecule has 174 valence electrons. The molecule has 0 aliphatic heterocycles. The highest BCUT2D eigenvalue weighted by Gasteiger charge is 2.37. The first kappa shape index (κ1) is 23.0. The van der Waals surface area contributed by atoms with Crippen LogP contribution in [0.4, 0.5) is 23.4 Å². The predicted octanol–water partition coefficient (Wildman–Crippen LogP) is 5.59. The van der Waals surface area contributed by atoms with Crippen LogP contribution in [0.25, 0.3) is 10.9 Å². The van der Waals surface area contributed by atoms with E-state index in [0.717, 1.165) is 24.3 Å². The molecule has 3 aromatic rings. The molecule has 0 spiro atoms. The van der Waals surface area contributed by atoms with Crippen molar-refractivity contribution >= 4 is 40.2 Å². The Bertz CT molecular complexity index is 1230. The summed E-state index contributed by atoms with van der Waals surface area (Å²) in [6.07, 6.45) is -3.04. The number of fused-ring (bicyclic) bond motifs is 1. The SMILES string of the molecule is O=C(c1c(Cl)cccc1C(F)(F)F)n1nc(N[C@H]2CC[C@@H](C(=O)O)CC2)c2c(F)cccc21. The van der Waals surface area contributed by atoms with Crippen molar-refractivity contribution in [1.82, 2.24) is 9.78 Å². The van der Waals surface area contributed by atoms with Gasteiger partial charge in [0.25, 0.3) is 5.91 Å². The van der Waals surface area contributed by atoms with E-state index >= 15 is 0 Å². The van der Waals surface area contributed by atoms with Crippen LogP contribution >= 0.6 is 11.6 Å². The van der Waals surface area contributed by atoms with Crippen molar-refractivity contribution in [2.24, 2.45) is 5.92 Å². The van der Waals surface area contributed by atoms with Crippen LogP contribution in [-0.2, 0) is 11.0 Å². The molecular formula is C22H18ClF4N3O3. The van der Waals surface area contributed by atoms with E-state index in [1.807, 2.05) is 0 Å². The Balaban J connectivity index is 1.75. The monoisotopic (exact) mass is 483 g/mol. The Morgan fingerprint density at radius 2 is 1.76 bits per heavy atom. The molecule has 33 heavy (non-hydrogen) atoms. The van der Waals surface area contributed by atoms with Crippen molar-refractivity contribution in [1.29, 1.82) is 0 Å². The number of nitrogens with one attached hydrogen (secondary N) is 1. The van der Waals surface area contributed by atoms with Crippen molar-refractivity contribution < 1.29 is 32.3 Å². The second kappa shape index (κ2) is 8.66. The highest BCUT2D eigenvalue weighted by Crippen LogP contribution is 2.37. The maximum absolute atomic E-state index is 14.7. The molecule has 11 heteroatoms. The Morgan fingerprint density at radius 3 is 2.39 bits per heavy atom. The molecule has 1 aliphatic rings. The lowest BCUT2D eigenvalue weighted by atomic mass is 9.86. The summed E-state index contributed by atoms with van der Waals surface area (Å²) >= 11 is 5.96. The summed E-state index contributed by atoms with van der Waals surface area (Å²) in [6, 6.07) is 6.61. The second-order valence-corrected chi connectivity index (χ2v) is 8.30. The Kier molecular flexibility index (Phi) is 6.04. The number of carboxylic acids is 1. The average Bonchev–Trinajstić information content (AvgIpc) is 3.12. The van der Waals surface area contributed by atoms with Gasteiger partial charge in [0.15, 0.2) is 5.82 Å². The van der Waals surface area contributed by atoms with Gasteiger partial charge in [-0.3, -0.25) is 9.59 Å². The molecule has 4 rings (SSSR count). The van der Waals surface area contributed by atoms with Crippen LogP contribution in [0.1, 0.15) is 41.6 Å². The summed E-state index contributed by atoms with van der Waals surface area (Å²) in [5.74, 6) is -3.19. The largest absolute Gasteiger partial charge is 0.481 e. The number of aromatic nitrogens is 2. The first-order valence-electron chi connectivity index (χ1n) is 10.1. The minimum atomic E-state index is -4.84. The summed E-state index contributed by atoms with van der Waals surface area (Å²) in [5, 5.41) is 15.8. The quantitative estimate of drug-likeness (QED) is 0.472. The lowest BCUT2D eigenvalue weighted by Crippen LogP contribution is -2.29. The molecule has 0 bridgehead atoms. The van der Waals surface area contributed by atoms with Crippen molar-refractivity contribution in [2.45, 2.75) is 37.9 Å². The van der Waals surface area contributed by atoms with Gasteiger partial charge in [0.1, 0.15) is 5.82 Å². The Hall–Kier alpha value is -3.14. The zero-order valence-corrected chi connectivity index (χ0v) is 17.8. The van der Waals surface area contributed by atoms with Gasteiger partial charge < -0.3 is 10.4 Å².